The zero-order valence-electron chi connectivity index (χ0n) is 42.8. The van der Waals surface area contributed by atoms with E-state index in [1.807, 2.05) is 6.08 Å². The Hall–Kier alpha value is -9.24. The fourth-order valence-electron chi connectivity index (χ4n) is 11.7. The highest BCUT2D eigenvalue weighted by molar-refractivity contribution is 6.23. The van der Waals surface area contributed by atoms with Crippen molar-refractivity contribution in [3.63, 3.8) is 0 Å². The third-order valence-electron chi connectivity index (χ3n) is 15.1. The van der Waals surface area contributed by atoms with Gasteiger partial charge in [0.25, 0.3) is 0 Å². The molecule has 0 fully saturated rings. The normalized spacial score (nSPS) is 14.8. The fraction of sp³-hybridized carbons (Fsp3) is 0.0685. The number of rotatable bonds is 11. The number of fused-ring (bicyclic) bond motifs is 5. The third kappa shape index (κ3) is 8.55. The number of hydrogen-bond acceptors (Lipinski definition) is 2. The van der Waals surface area contributed by atoms with Crippen molar-refractivity contribution in [3.8, 4) is 22.3 Å². The molecule has 0 radical (unpaired) electrons. The van der Waals surface area contributed by atoms with E-state index in [1.54, 1.807) is 0 Å². The topological polar surface area (TPSA) is 6.48 Å². The molecule has 0 heterocycles. The molecule has 1 aliphatic rings. The number of para-hydroxylation sites is 2. The summed E-state index contributed by atoms with van der Waals surface area (Å²) in [6.07, 6.45) is 11.8. The number of benzene rings is 11. The standard InChI is InChI=1S/C73H58N2/c1-5-7-10-35-62-50(3)72(74(59-31-11-8-12-32-59)51(4)63-36-20-19-28-54(63)25-6-2)67-39-23-24-40-68(67)73(62)75(60-33-13-9-14-34-60)61-45-46-66-69(49-61)71(58-44-42-53-27-16-18-30-56(53)48-58)65-38-22-21-37-64(65)70(66)57-43-41-52-26-15-17-29-55(52)47-57/h6-50H,2,5H2,1,3-4H3/b10-7-,54-25-,62-35+,63-51+. The van der Waals surface area contributed by atoms with Gasteiger partial charge in [-0.15, -0.1) is 0 Å². The Morgan fingerprint density at radius 3 is 1.65 bits per heavy atom. The van der Waals surface area contributed by atoms with Crippen molar-refractivity contribution < 1.29 is 0 Å². The van der Waals surface area contributed by atoms with Crippen LogP contribution in [0.15, 0.2) is 273 Å². The number of anilines is 3. The maximum absolute atomic E-state index is 4.10. The lowest BCUT2D eigenvalue weighted by Crippen LogP contribution is -2.46. The summed E-state index contributed by atoms with van der Waals surface area (Å²) in [5.74, 6) is -0.0645. The third-order valence-corrected chi connectivity index (χ3v) is 15.1. The van der Waals surface area contributed by atoms with Crippen molar-refractivity contribution in [3.05, 3.63) is 294 Å². The van der Waals surface area contributed by atoms with Crippen LogP contribution in [0.2, 0.25) is 0 Å². The highest BCUT2D eigenvalue weighted by Crippen LogP contribution is 2.48. The summed E-state index contributed by atoms with van der Waals surface area (Å²) in [4.78, 5) is 5.04. The molecule has 0 saturated carbocycles. The molecule has 360 valence electrons. The van der Waals surface area contributed by atoms with E-state index in [0.29, 0.717) is 0 Å². The Kier molecular flexibility index (Phi) is 12.7. The summed E-state index contributed by atoms with van der Waals surface area (Å²) in [5.41, 5.74) is 12.9. The highest BCUT2D eigenvalue weighted by atomic mass is 15.2. The quantitative estimate of drug-likeness (QED) is 0.119. The van der Waals surface area contributed by atoms with Gasteiger partial charge in [-0.1, -0.05) is 239 Å². The summed E-state index contributed by atoms with van der Waals surface area (Å²) in [6.45, 7) is 11.0. The van der Waals surface area contributed by atoms with Crippen molar-refractivity contribution >= 4 is 83.3 Å². The predicted molar refractivity (Wildman–Crippen MR) is 323 cm³/mol. The van der Waals surface area contributed by atoms with Crippen LogP contribution in [0.25, 0.3) is 88.5 Å². The first kappa shape index (κ1) is 46.8. The van der Waals surface area contributed by atoms with Gasteiger partial charge in [0.1, 0.15) is 0 Å². The van der Waals surface area contributed by atoms with Crippen LogP contribution < -0.4 is 30.7 Å². The van der Waals surface area contributed by atoms with Gasteiger partial charge in [0, 0.05) is 50.0 Å². The van der Waals surface area contributed by atoms with Gasteiger partial charge in [-0.05, 0) is 138 Å². The van der Waals surface area contributed by atoms with Crippen LogP contribution in [-0.4, -0.2) is 0 Å². The Labute approximate surface area is 440 Å². The fourth-order valence-corrected chi connectivity index (χ4v) is 11.7. The Morgan fingerprint density at radius 2 is 1.01 bits per heavy atom. The smallest absolute Gasteiger partial charge is 0.0579 e. The molecule has 75 heavy (non-hydrogen) atoms. The van der Waals surface area contributed by atoms with E-state index >= 15 is 0 Å². The molecule has 11 aromatic rings. The molecule has 1 unspecified atom stereocenters. The number of nitrogens with zero attached hydrogens (tertiary/aromatic N) is 2. The molecule has 0 aromatic heterocycles. The highest BCUT2D eigenvalue weighted by Gasteiger charge is 2.33. The molecule has 12 rings (SSSR count). The molecule has 0 N–H and O–H groups in total. The maximum atomic E-state index is 4.10. The minimum absolute atomic E-state index is 0.0645. The van der Waals surface area contributed by atoms with Crippen LogP contribution in [0.5, 0.6) is 0 Å². The summed E-state index contributed by atoms with van der Waals surface area (Å²) < 4.78 is 0. The lowest BCUT2D eigenvalue weighted by atomic mass is 9.83. The predicted octanol–water partition coefficient (Wildman–Crippen LogP) is 16.5. The van der Waals surface area contributed by atoms with Gasteiger partial charge in [-0.2, -0.15) is 0 Å². The molecule has 0 amide bonds. The monoisotopic (exact) mass is 962 g/mol. The SMILES string of the molecule is C=C/C=c1/cccc/c1=C(/C)N(C1=c2ccccc2=C(N(c2ccccc2)c2ccc3c(-c4ccc5ccccc5c4)c4ccccc4c(-c4ccc5ccccc5c4)c3c2)/C(=C/C=C\CC)C1C)c1ccccc1. The summed E-state index contributed by atoms with van der Waals surface area (Å²) >= 11 is 0. The van der Waals surface area contributed by atoms with Crippen LogP contribution >= 0.6 is 0 Å². The average molecular weight is 963 g/mol. The summed E-state index contributed by atoms with van der Waals surface area (Å²) in [6, 6.07) is 87.1. The second-order valence-electron chi connectivity index (χ2n) is 19.5. The molecular formula is C73H58N2. The van der Waals surface area contributed by atoms with Gasteiger partial charge in [0.05, 0.1) is 5.70 Å². The van der Waals surface area contributed by atoms with Crippen molar-refractivity contribution in [2.24, 2.45) is 5.92 Å². The molecule has 11 aromatic carbocycles. The summed E-state index contributed by atoms with van der Waals surface area (Å²) in [5, 5.41) is 14.4. The van der Waals surface area contributed by atoms with E-state index in [-0.39, 0.29) is 5.92 Å². The van der Waals surface area contributed by atoms with E-state index in [0.717, 1.165) is 50.5 Å². The van der Waals surface area contributed by atoms with Crippen LogP contribution in [0.4, 0.5) is 17.1 Å². The second-order valence-corrected chi connectivity index (χ2v) is 19.5. The van der Waals surface area contributed by atoms with Crippen LogP contribution in [0.1, 0.15) is 27.2 Å². The van der Waals surface area contributed by atoms with E-state index in [1.165, 1.54) is 81.8 Å². The van der Waals surface area contributed by atoms with Crippen LogP contribution in [0.3, 0.4) is 0 Å². The zero-order chi connectivity index (χ0) is 50.8. The van der Waals surface area contributed by atoms with Gasteiger partial charge in [0.15, 0.2) is 0 Å². The molecule has 0 saturated heterocycles. The molecule has 0 aliphatic heterocycles. The lowest BCUT2D eigenvalue weighted by molar-refractivity contribution is 0.860. The molecule has 0 bridgehead atoms. The number of hydrogen-bond donors (Lipinski definition) is 0. The Bertz CT molecular complexity index is 4330. The minimum atomic E-state index is -0.0645. The van der Waals surface area contributed by atoms with E-state index < -0.39 is 0 Å². The molecule has 2 heteroatoms. The first-order chi connectivity index (χ1) is 37.0. The molecular weight excluding hydrogens is 905 g/mol. The van der Waals surface area contributed by atoms with E-state index in [9.17, 15) is 0 Å². The maximum Gasteiger partial charge on any atom is 0.0579 e. The van der Waals surface area contributed by atoms with Crippen molar-refractivity contribution in [2.75, 3.05) is 9.80 Å². The van der Waals surface area contributed by atoms with Gasteiger partial charge < -0.3 is 9.80 Å². The Morgan fingerprint density at radius 1 is 0.480 bits per heavy atom. The molecule has 1 atom stereocenters. The second kappa shape index (κ2) is 20.3. The van der Waals surface area contributed by atoms with Crippen molar-refractivity contribution in [1.29, 1.82) is 0 Å². The first-order valence-corrected chi connectivity index (χ1v) is 26.3. The van der Waals surface area contributed by atoms with E-state index in [4.69, 9.17) is 0 Å². The largest absolute Gasteiger partial charge is 0.316 e. The van der Waals surface area contributed by atoms with Crippen LogP contribution in [-0.2, 0) is 0 Å². The minimum Gasteiger partial charge on any atom is -0.316 e. The van der Waals surface area contributed by atoms with E-state index in [2.05, 4.69) is 298 Å². The molecule has 1 aliphatic carbocycles. The number of allylic oxidation sites excluding steroid dienone is 4. The molecule has 2 nitrogen and oxygen atoms in total. The van der Waals surface area contributed by atoms with Gasteiger partial charge in [-0.3, -0.25) is 0 Å². The lowest BCUT2D eigenvalue weighted by Gasteiger charge is -2.39. The van der Waals surface area contributed by atoms with Crippen LogP contribution in [0, 0.1) is 5.92 Å². The molecule has 0 spiro atoms. The van der Waals surface area contributed by atoms with Gasteiger partial charge in [0.2, 0.25) is 0 Å². The first-order valence-electron chi connectivity index (χ1n) is 26.3. The van der Waals surface area contributed by atoms with Gasteiger partial charge >= 0.3 is 0 Å². The Balaban J connectivity index is 1.21. The van der Waals surface area contributed by atoms with Crippen molar-refractivity contribution in [2.45, 2.75) is 27.2 Å². The average Bonchev–Trinajstić information content (AvgIpc) is 3.46. The van der Waals surface area contributed by atoms with Gasteiger partial charge in [-0.25, -0.2) is 0 Å². The summed E-state index contributed by atoms with van der Waals surface area (Å²) in [7, 11) is 0. The van der Waals surface area contributed by atoms with Crippen molar-refractivity contribution in [1.82, 2.24) is 0 Å². The zero-order valence-corrected chi connectivity index (χ0v) is 42.8.